The summed E-state index contributed by atoms with van der Waals surface area (Å²) in [6.45, 7) is 2.01. The summed E-state index contributed by atoms with van der Waals surface area (Å²) in [5.74, 6) is -0.708. The first-order valence-corrected chi connectivity index (χ1v) is 7.59. The van der Waals surface area contributed by atoms with Crippen molar-refractivity contribution in [2.75, 3.05) is 13.7 Å². The van der Waals surface area contributed by atoms with Gasteiger partial charge >= 0.3 is 0 Å². The van der Waals surface area contributed by atoms with Gasteiger partial charge in [-0.2, -0.15) is 0 Å². The van der Waals surface area contributed by atoms with Crippen LogP contribution < -0.4 is 5.32 Å². The van der Waals surface area contributed by atoms with Crippen LogP contribution in [0.3, 0.4) is 0 Å². The molecule has 0 aromatic heterocycles. The summed E-state index contributed by atoms with van der Waals surface area (Å²) < 4.78 is 9.95. The maximum atomic E-state index is 11.9. The van der Waals surface area contributed by atoms with E-state index in [0.717, 1.165) is 12.8 Å². The van der Waals surface area contributed by atoms with Crippen LogP contribution in [0.2, 0.25) is 0 Å². The zero-order chi connectivity index (χ0) is 16.7. The van der Waals surface area contributed by atoms with Crippen LogP contribution in [0.5, 0.6) is 0 Å². The van der Waals surface area contributed by atoms with Gasteiger partial charge in [-0.15, -0.1) is 0 Å². The number of nitrogens with one attached hydrogen (secondary N) is 1. The first-order chi connectivity index (χ1) is 10.4. The van der Waals surface area contributed by atoms with E-state index in [4.69, 9.17) is 9.47 Å². The number of hydrogen-bond acceptors (Lipinski definition) is 7. The van der Waals surface area contributed by atoms with Crippen LogP contribution in [0.1, 0.15) is 32.6 Å². The molecule has 0 saturated carbocycles. The fraction of sp³-hybridized carbons (Fsp3) is 0.929. The Hall–Kier alpha value is -0.770. The molecular formula is C14H27NO7. The summed E-state index contributed by atoms with van der Waals surface area (Å²) in [6.07, 6.45) is -3.47. The van der Waals surface area contributed by atoms with Crippen molar-refractivity contribution in [3.05, 3.63) is 0 Å². The zero-order valence-corrected chi connectivity index (χ0v) is 13.0. The third-order valence-electron chi connectivity index (χ3n) is 3.74. The van der Waals surface area contributed by atoms with Gasteiger partial charge in [-0.25, -0.2) is 0 Å². The largest absolute Gasteiger partial charge is 0.388 e. The molecule has 1 saturated heterocycles. The number of methoxy groups -OCH3 is 1. The number of ether oxygens (including phenoxy) is 2. The molecule has 6 atom stereocenters. The second-order valence-electron chi connectivity index (χ2n) is 5.55. The maximum absolute atomic E-state index is 11.9. The molecule has 5 N–H and O–H groups in total. The van der Waals surface area contributed by atoms with Gasteiger partial charge in [-0.3, -0.25) is 4.79 Å². The minimum Gasteiger partial charge on any atom is -0.388 e. The molecule has 130 valence electrons. The number of aliphatic hydroxyl groups excluding tert-OH is 4. The Kier molecular flexibility index (Phi) is 8.23. The monoisotopic (exact) mass is 321 g/mol. The summed E-state index contributed by atoms with van der Waals surface area (Å²) in [5.41, 5.74) is 0. The van der Waals surface area contributed by atoms with Gasteiger partial charge in [0.2, 0.25) is 5.91 Å². The normalized spacial score (nSPS) is 33.5. The smallest absolute Gasteiger partial charge is 0.249 e. The standard InChI is InChI=1S/C14H27NO7/c1-3-4-5-6-8(16)13(19)15-10-12(18)11(17)9(7-21-2)22-14(10)20/h8-12,14,16-18,20H,3-7H2,1-2H3,(H,15,19)/t8?,9?,10?,11-,12+,14+/m0/s1. The number of amides is 1. The molecule has 1 amide bonds. The number of rotatable bonds is 8. The molecule has 0 spiro atoms. The molecule has 0 radical (unpaired) electrons. The van der Waals surface area contributed by atoms with Crippen LogP contribution in [-0.2, 0) is 14.3 Å². The minimum absolute atomic E-state index is 0.00437. The molecule has 1 rings (SSSR count). The van der Waals surface area contributed by atoms with Gasteiger partial charge in [-0.1, -0.05) is 26.2 Å². The minimum atomic E-state index is -1.50. The van der Waals surface area contributed by atoms with E-state index in [-0.39, 0.29) is 6.61 Å². The summed E-state index contributed by atoms with van der Waals surface area (Å²) in [7, 11) is 1.40. The number of carbonyl (C=O) groups excluding carboxylic acids is 1. The van der Waals surface area contributed by atoms with Crippen molar-refractivity contribution in [2.24, 2.45) is 0 Å². The van der Waals surface area contributed by atoms with Gasteiger partial charge in [0.15, 0.2) is 6.29 Å². The molecule has 22 heavy (non-hydrogen) atoms. The van der Waals surface area contributed by atoms with Crippen molar-refractivity contribution in [1.29, 1.82) is 0 Å². The summed E-state index contributed by atoms with van der Waals surface area (Å²) >= 11 is 0. The third kappa shape index (κ3) is 5.15. The second kappa shape index (κ2) is 9.39. The second-order valence-corrected chi connectivity index (χ2v) is 5.55. The van der Waals surface area contributed by atoms with Gasteiger partial charge in [-0.05, 0) is 6.42 Å². The predicted octanol–water partition coefficient (Wildman–Crippen LogP) is -1.50. The number of hydrogen-bond donors (Lipinski definition) is 5. The fourth-order valence-corrected chi connectivity index (χ4v) is 2.38. The predicted molar refractivity (Wildman–Crippen MR) is 76.8 cm³/mol. The van der Waals surface area contributed by atoms with Gasteiger partial charge in [0.25, 0.3) is 0 Å². The van der Waals surface area contributed by atoms with Gasteiger partial charge in [0, 0.05) is 7.11 Å². The molecule has 1 fully saturated rings. The van der Waals surface area contributed by atoms with Crippen molar-refractivity contribution >= 4 is 5.91 Å². The topological polar surface area (TPSA) is 128 Å². The van der Waals surface area contributed by atoms with Gasteiger partial charge in [0.05, 0.1) is 6.61 Å². The molecular weight excluding hydrogens is 294 g/mol. The van der Waals surface area contributed by atoms with Gasteiger partial charge in [0.1, 0.15) is 30.5 Å². The van der Waals surface area contributed by atoms with E-state index in [9.17, 15) is 25.2 Å². The first-order valence-electron chi connectivity index (χ1n) is 7.59. The highest BCUT2D eigenvalue weighted by Crippen LogP contribution is 2.20. The Morgan fingerprint density at radius 2 is 1.95 bits per heavy atom. The zero-order valence-electron chi connectivity index (χ0n) is 13.0. The van der Waals surface area contributed by atoms with E-state index < -0.39 is 42.7 Å². The van der Waals surface area contributed by atoms with Crippen LogP contribution >= 0.6 is 0 Å². The molecule has 0 bridgehead atoms. The van der Waals surface area contributed by atoms with Crippen LogP contribution in [-0.4, -0.2) is 76.8 Å². The molecule has 8 heteroatoms. The highest BCUT2D eigenvalue weighted by Gasteiger charge is 2.44. The molecule has 1 heterocycles. The lowest BCUT2D eigenvalue weighted by molar-refractivity contribution is -0.255. The van der Waals surface area contributed by atoms with Crippen LogP contribution in [0.4, 0.5) is 0 Å². The average Bonchev–Trinajstić information content (AvgIpc) is 2.49. The molecule has 1 aliphatic rings. The van der Waals surface area contributed by atoms with E-state index in [1.807, 2.05) is 6.92 Å². The number of unbranched alkanes of at least 4 members (excludes halogenated alkanes) is 2. The van der Waals surface area contributed by atoms with Crippen LogP contribution in [0, 0.1) is 0 Å². The Morgan fingerprint density at radius 3 is 2.55 bits per heavy atom. The van der Waals surface area contributed by atoms with E-state index in [1.165, 1.54) is 7.11 Å². The fourth-order valence-electron chi connectivity index (χ4n) is 2.38. The lowest BCUT2D eigenvalue weighted by atomic mass is 9.96. The molecule has 3 unspecified atom stereocenters. The van der Waals surface area contributed by atoms with E-state index in [0.29, 0.717) is 12.8 Å². The summed E-state index contributed by atoms with van der Waals surface area (Å²) in [4.78, 5) is 11.9. The Labute approximate surface area is 130 Å². The first kappa shape index (κ1) is 19.3. The van der Waals surface area contributed by atoms with E-state index in [2.05, 4.69) is 5.32 Å². The van der Waals surface area contributed by atoms with Crippen LogP contribution in [0.25, 0.3) is 0 Å². The molecule has 0 aromatic rings. The molecule has 1 aliphatic heterocycles. The Bertz CT molecular complexity index is 341. The van der Waals surface area contributed by atoms with Crippen LogP contribution in [0.15, 0.2) is 0 Å². The number of carbonyl (C=O) groups is 1. The molecule has 0 aliphatic carbocycles. The van der Waals surface area contributed by atoms with E-state index >= 15 is 0 Å². The van der Waals surface area contributed by atoms with Crippen molar-refractivity contribution in [2.45, 2.75) is 69.4 Å². The maximum Gasteiger partial charge on any atom is 0.249 e. The van der Waals surface area contributed by atoms with Crippen molar-refractivity contribution < 1.29 is 34.7 Å². The van der Waals surface area contributed by atoms with Crippen molar-refractivity contribution in [1.82, 2.24) is 5.32 Å². The van der Waals surface area contributed by atoms with Crippen molar-refractivity contribution in [3.63, 3.8) is 0 Å². The third-order valence-corrected chi connectivity index (χ3v) is 3.74. The van der Waals surface area contributed by atoms with Crippen molar-refractivity contribution in [3.8, 4) is 0 Å². The van der Waals surface area contributed by atoms with E-state index in [1.54, 1.807) is 0 Å². The highest BCUT2D eigenvalue weighted by molar-refractivity contribution is 5.80. The molecule has 0 aromatic carbocycles. The lowest BCUT2D eigenvalue weighted by Crippen LogP contribution is -2.65. The molecule has 8 nitrogen and oxygen atoms in total. The van der Waals surface area contributed by atoms with Gasteiger partial charge < -0.3 is 35.2 Å². The highest BCUT2D eigenvalue weighted by atomic mass is 16.6. The lowest BCUT2D eigenvalue weighted by Gasteiger charge is -2.40. The Balaban J connectivity index is 2.55. The average molecular weight is 321 g/mol. The summed E-state index contributed by atoms with van der Waals surface area (Å²) in [6, 6.07) is -1.21. The quantitative estimate of drug-likeness (QED) is 0.344. The SMILES string of the molecule is CCCCCC(O)C(=O)NC1[C@H](O)OC(COC)[C@H](O)[C@@H]1O. The number of aliphatic hydroxyl groups is 4. The Morgan fingerprint density at radius 1 is 1.27 bits per heavy atom. The summed E-state index contributed by atoms with van der Waals surface area (Å²) in [5, 5.41) is 41.8.